The second-order valence-corrected chi connectivity index (χ2v) is 4.97. The number of benzene rings is 1. The second-order valence-electron chi connectivity index (χ2n) is 4.97. The van der Waals surface area contributed by atoms with Crippen molar-refractivity contribution in [3.63, 3.8) is 0 Å². The molecule has 0 radical (unpaired) electrons. The van der Waals surface area contributed by atoms with Crippen LogP contribution < -0.4 is 5.32 Å². The van der Waals surface area contributed by atoms with Crippen LogP contribution in [0.3, 0.4) is 0 Å². The zero-order chi connectivity index (χ0) is 14.6. The summed E-state index contributed by atoms with van der Waals surface area (Å²) in [6.07, 6.45) is 3.19. The van der Waals surface area contributed by atoms with Gasteiger partial charge in [0.25, 0.3) is 0 Å². The first kappa shape index (κ1) is 14.2. The molecule has 0 aliphatic carbocycles. The molecule has 0 aliphatic heterocycles. The molecule has 106 valence electrons. The number of nitrogens with one attached hydrogen (secondary N) is 1. The van der Waals surface area contributed by atoms with Gasteiger partial charge in [-0.1, -0.05) is 31.5 Å². The molecule has 0 fully saturated rings. The first-order valence-electron chi connectivity index (χ1n) is 6.67. The fraction of sp³-hybridized carbons (Fsp3) is 0.400. The summed E-state index contributed by atoms with van der Waals surface area (Å²) in [6, 6.07) is 7.69. The maximum atomic E-state index is 12.0. The number of fused-ring (bicyclic) bond motifs is 1. The van der Waals surface area contributed by atoms with Gasteiger partial charge in [-0.05, 0) is 19.4 Å². The maximum Gasteiger partial charge on any atom is 0.331 e. The van der Waals surface area contributed by atoms with Crippen LogP contribution in [0.15, 0.2) is 30.5 Å². The predicted octanol–water partition coefficient (Wildman–Crippen LogP) is 2.77. The van der Waals surface area contributed by atoms with Gasteiger partial charge in [0.15, 0.2) is 0 Å². The van der Waals surface area contributed by atoms with E-state index in [0.29, 0.717) is 6.42 Å². The van der Waals surface area contributed by atoms with Gasteiger partial charge in [0.05, 0.1) is 24.5 Å². The third kappa shape index (κ3) is 2.71. The fourth-order valence-corrected chi connectivity index (χ4v) is 2.34. The third-order valence-electron chi connectivity index (χ3n) is 3.34. The lowest BCUT2D eigenvalue weighted by molar-refractivity contribution is -0.145. The summed E-state index contributed by atoms with van der Waals surface area (Å²) in [5.74, 6) is -0.278. The first-order chi connectivity index (χ1) is 9.60. The van der Waals surface area contributed by atoms with Gasteiger partial charge < -0.3 is 10.1 Å². The third-order valence-corrected chi connectivity index (χ3v) is 3.34. The Balaban J connectivity index is 2.41. The molecule has 0 bridgehead atoms. The molecule has 20 heavy (non-hydrogen) atoms. The monoisotopic (exact) mass is 273 g/mol. The molecule has 1 atom stereocenters. The number of anilines is 1. The average Bonchev–Trinajstić information content (AvgIpc) is 2.47. The number of hydrogen-bond donors (Lipinski definition) is 1. The highest BCUT2D eigenvalue weighted by molar-refractivity contribution is 5.93. The summed E-state index contributed by atoms with van der Waals surface area (Å²) in [7, 11) is 1.40. The number of nitrogens with zero attached hydrogens (tertiary/aromatic N) is 2. The quantitative estimate of drug-likeness (QED) is 0.849. The molecular weight excluding hydrogens is 254 g/mol. The lowest BCUT2D eigenvalue weighted by atomic mass is 9.95. The van der Waals surface area contributed by atoms with Crippen molar-refractivity contribution in [1.82, 2.24) is 10.2 Å². The van der Waals surface area contributed by atoms with Crippen molar-refractivity contribution in [3.8, 4) is 0 Å². The van der Waals surface area contributed by atoms with E-state index in [-0.39, 0.29) is 5.97 Å². The molecule has 2 rings (SSSR count). The molecule has 1 aromatic heterocycles. The van der Waals surface area contributed by atoms with Crippen molar-refractivity contribution < 1.29 is 9.53 Å². The minimum absolute atomic E-state index is 0.278. The van der Waals surface area contributed by atoms with Crippen LogP contribution in [0.5, 0.6) is 0 Å². The second kappa shape index (κ2) is 5.86. The van der Waals surface area contributed by atoms with E-state index in [4.69, 9.17) is 4.74 Å². The van der Waals surface area contributed by atoms with Crippen molar-refractivity contribution in [2.75, 3.05) is 12.4 Å². The molecule has 1 heterocycles. The minimum Gasteiger partial charge on any atom is -0.467 e. The molecule has 0 saturated heterocycles. The standard InChI is InChI=1S/C15H19N3O2/c1-4-9-15(2,14(19)20-3)17-13-10-16-18-12-8-6-5-7-11(12)13/h5-8,10H,4,9H2,1-3H3,(H,17,18). The normalized spacial score (nSPS) is 13.8. The summed E-state index contributed by atoms with van der Waals surface area (Å²) in [4.78, 5) is 12.0. The number of esters is 1. The van der Waals surface area contributed by atoms with Crippen molar-refractivity contribution >= 4 is 22.6 Å². The highest BCUT2D eigenvalue weighted by Crippen LogP contribution is 2.26. The zero-order valence-electron chi connectivity index (χ0n) is 12.0. The summed E-state index contributed by atoms with van der Waals surface area (Å²) in [5, 5.41) is 12.3. The Hall–Kier alpha value is -2.17. The van der Waals surface area contributed by atoms with E-state index in [0.717, 1.165) is 23.0 Å². The summed E-state index contributed by atoms with van der Waals surface area (Å²) < 4.78 is 4.91. The Morgan fingerprint density at radius 2 is 2.15 bits per heavy atom. The van der Waals surface area contributed by atoms with Gasteiger partial charge in [0.2, 0.25) is 0 Å². The molecule has 2 aromatic rings. The van der Waals surface area contributed by atoms with Crippen LogP contribution >= 0.6 is 0 Å². The number of aromatic nitrogens is 2. The van der Waals surface area contributed by atoms with Crippen molar-refractivity contribution in [2.45, 2.75) is 32.2 Å². The number of rotatable bonds is 5. The predicted molar refractivity (Wildman–Crippen MR) is 78.5 cm³/mol. The Morgan fingerprint density at radius 3 is 2.85 bits per heavy atom. The van der Waals surface area contributed by atoms with E-state index in [9.17, 15) is 4.79 Å². The van der Waals surface area contributed by atoms with Crippen LogP contribution in [0.25, 0.3) is 10.9 Å². The molecule has 1 aromatic carbocycles. The minimum atomic E-state index is -0.769. The Morgan fingerprint density at radius 1 is 1.40 bits per heavy atom. The molecule has 0 spiro atoms. The van der Waals surface area contributed by atoms with Gasteiger partial charge in [-0.3, -0.25) is 0 Å². The van der Waals surface area contributed by atoms with Crippen LogP contribution in [0.1, 0.15) is 26.7 Å². The van der Waals surface area contributed by atoms with Gasteiger partial charge in [0, 0.05) is 5.39 Å². The lowest BCUT2D eigenvalue weighted by Crippen LogP contribution is -2.44. The maximum absolute atomic E-state index is 12.0. The molecular formula is C15H19N3O2. The number of methoxy groups -OCH3 is 1. The van der Waals surface area contributed by atoms with Gasteiger partial charge in [0.1, 0.15) is 5.54 Å². The van der Waals surface area contributed by atoms with Gasteiger partial charge >= 0.3 is 5.97 Å². The highest BCUT2D eigenvalue weighted by Gasteiger charge is 2.33. The molecule has 0 amide bonds. The van der Waals surface area contributed by atoms with Crippen LogP contribution in [0.4, 0.5) is 5.69 Å². The zero-order valence-corrected chi connectivity index (χ0v) is 12.0. The fourth-order valence-electron chi connectivity index (χ4n) is 2.34. The van der Waals surface area contributed by atoms with E-state index in [1.165, 1.54) is 7.11 Å². The van der Waals surface area contributed by atoms with Crippen molar-refractivity contribution in [1.29, 1.82) is 0 Å². The smallest absolute Gasteiger partial charge is 0.331 e. The summed E-state index contributed by atoms with van der Waals surface area (Å²) in [5.41, 5.74) is 0.813. The van der Waals surface area contributed by atoms with E-state index < -0.39 is 5.54 Å². The molecule has 1 unspecified atom stereocenters. The van der Waals surface area contributed by atoms with Crippen molar-refractivity contribution in [3.05, 3.63) is 30.5 Å². The topological polar surface area (TPSA) is 64.1 Å². The Bertz CT molecular complexity index is 610. The molecule has 0 saturated carbocycles. The Labute approximate surface area is 118 Å². The summed E-state index contributed by atoms with van der Waals surface area (Å²) in [6.45, 7) is 3.88. The lowest BCUT2D eigenvalue weighted by Gasteiger charge is -2.29. The largest absolute Gasteiger partial charge is 0.467 e. The van der Waals surface area contributed by atoms with Gasteiger partial charge in [-0.2, -0.15) is 10.2 Å². The van der Waals surface area contributed by atoms with Crippen LogP contribution in [0, 0.1) is 0 Å². The summed E-state index contributed by atoms with van der Waals surface area (Å²) >= 11 is 0. The Kier molecular flexibility index (Phi) is 4.17. The number of ether oxygens (including phenoxy) is 1. The van der Waals surface area contributed by atoms with E-state index >= 15 is 0 Å². The van der Waals surface area contributed by atoms with E-state index in [1.807, 2.05) is 38.1 Å². The number of carbonyl (C=O) groups excluding carboxylic acids is 1. The molecule has 1 N–H and O–H groups in total. The van der Waals surface area contributed by atoms with Crippen molar-refractivity contribution in [2.24, 2.45) is 0 Å². The highest BCUT2D eigenvalue weighted by atomic mass is 16.5. The molecule has 5 heteroatoms. The van der Waals surface area contributed by atoms with Gasteiger partial charge in [-0.25, -0.2) is 4.79 Å². The van der Waals surface area contributed by atoms with E-state index in [1.54, 1.807) is 6.20 Å². The van der Waals surface area contributed by atoms with Crippen LogP contribution in [0.2, 0.25) is 0 Å². The molecule has 5 nitrogen and oxygen atoms in total. The number of hydrogen-bond acceptors (Lipinski definition) is 5. The molecule has 0 aliphatic rings. The van der Waals surface area contributed by atoms with E-state index in [2.05, 4.69) is 15.5 Å². The van der Waals surface area contributed by atoms with Crippen LogP contribution in [-0.4, -0.2) is 28.8 Å². The number of carbonyl (C=O) groups is 1. The van der Waals surface area contributed by atoms with Gasteiger partial charge in [-0.15, -0.1) is 0 Å². The first-order valence-corrected chi connectivity index (χ1v) is 6.67. The van der Waals surface area contributed by atoms with Crippen LogP contribution in [-0.2, 0) is 9.53 Å². The average molecular weight is 273 g/mol. The SMILES string of the molecule is CCCC(C)(Nc1cnnc2ccccc12)C(=O)OC.